The predicted molar refractivity (Wildman–Crippen MR) is 71.2 cm³/mol. The Balaban J connectivity index is 2.84. The van der Waals surface area contributed by atoms with Gasteiger partial charge in [-0.3, -0.25) is 0 Å². The van der Waals surface area contributed by atoms with E-state index in [9.17, 15) is 0 Å². The molecular formula is C14H21N3. The van der Waals surface area contributed by atoms with Gasteiger partial charge in [-0.15, -0.1) is 0 Å². The fourth-order valence-electron chi connectivity index (χ4n) is 2.05. The van der Waals surface area contributed by atoms with Gasteiger partial charge in [0, 0.05) is 17.2 Å². The molecule has 2 aromatic rings. The van der Waals surface area contributed by atoms with Crippen LogP contribution in [0.15, 0.2) is 18.3 Å². The summed E-state index contributed by atoms with van der Waals surface area (Å²) in [6.07, 6.45) is 1.83. The fraction of sp³-hybridized carbons (Fsp3) is 0.571. The Labute approximate surface area is 103 Å². The second-order valence-corrected chi connectivity index (χ2v) is 6.54. The normalized spacial score (nSPS) is 13.3. The van der Waals surface area contributed by atoms with Gasteiger partial charge in [0.2, 0.25) is 0 Å². The molecule has 0 saturated heterocycles. The molecule has 0 aliphatic carbocycles. The number of fused-ring (bicyclic) bond motifs is 1. The molecule has 0 aliphatic heterocycles. The quantitative estimate of drug-likeness (QED) is 0.695. The zero-order valence-electron chi connectivity index (χ0n) is 11.6. The van der Waals surface area contributed by atoms with Crippen LogP contribution in [0.4, 0.5) is 0 Å². The van der Waals surface area contributed by atoms with Crippen molar-refractivity contribution in [1.29, 1.82) is 0 Å². The molecule has 17 heavy (non-hydrogen) atoms. The number of aromatic nitrogens is 3. The van der Waals surface area contributed by atoms with Crippen molar-refractivity contribution in [1.82, 2.24) is 14.5 Å². The van der Waals surface area contributed by atoms with Crippen LogP contribution in [0.5, 0.6) is 0 Å². The summed E-state index contributed by atoms with van der Waals surface area (Å²) < 4.78 is 2.25. The van der Waals surface area contributed by atoms with Crippen LogP contribution in [0.3, 0.4) is 0 Å². The summed E-state index contributed by atoms with van der Waals surface area (Å²) in [4.78, 5) is 9.23. The standard InChI is InChI=1S/C14H21N3/c1-13(2,3)12-16-10-8-7-9-15-11(10)17(12)14(4,5)6/h7-9H,1-6H3. The highest BCUT2D eigenvalue weighted by Gasteiger charge is 2.28. The van der Waals surface area contributed by atoms with E-state index < -0.39 is 0 Å². The second-order valence-electron chi connectivity index (χ2n) is 6.54. The molecule has 0 radical (unpaired) electrons. The maximum Gasteiger partial charge on any atom is 0.160 e. The van der Waals surface area contributed by atoms with Crippen LogP contribution >= 0.6 is 0 Å². The van der Waals surface area contributed by atoms with Gasteiger partial charge in [0.05, 0.1) is 0 Å². The number of nitrogens with zero attached hydrogens (tertiary/aromatic N) is 3. The van der Waals surface area contributed by atoms with E-state index in [0.717, 1.165) is 17.0 Å². The first kappa shape index (κ1) is 12.1. The molecule has 0 aromatic carbocycles. The topological polar surface area (TPSA) is 30.7 Å². The highest BCUT2D eigenvalue weighted by atomic mass is 15.2. The molecule has 0 N–H and O–H groups in total. The molecule has 0 bridgehead atoms. The van der Waals surface area contributed by atoms with E-state index in [2.05, 4.69) is 51.1 Å². The van der Waals surface area contributed by atoms with E-state index in [-0.39, 0.29) is 11.0 Å². The number of hydrogen-bond acceptors (Lipinski definition) is 2. The minimum atomic E-state index is -0.00822. The van der Waals surface area contributed by atoms with E-state index >= 15 is 0 Å². The fourth-order valence-corrected chi connectivity index (χ4v) is 2.05. The summed E-state index contributed by atoms with van der Waals surface area (Å²) in [5.74, 6) is 1.10. The number of rotatable bonds is 0. The molecule has 2 aromatic heterocycles. The van der Waals surface area contributed by atoms with Gasteiger partial charge in [0.1, 0.15) is 11.3 Å². The molecular weight excluding hydrogens is 210 g/mol. The summed E-state index contributed by atoms with van der Waals surface area (Å²) in [5.41, 5.74) is 1.97. The average molecular weight is 231 g/mol. The summed E-state index contributed by atoms with van der Waals surface area (Å²) in [6.45, 7) is 13.2. The van der Waals surface area contributed by atoms with Crippen molar-refractivity contribution in [2.24, 2.45) is 0 Å². The van der Waals surface area contributed by atoms with Crippen LogP contribution in [0.25, 0.3) is 11.2 Å². The smallest absolute Gasteiger partial charge is 0.160 e. The first-order valence-electron chi connectivity index (χ1n) is 6.06. The van der Waals surface area contributed by atoms with Crippen LogP contribution in [0.1, 0.15) is 47.4 Å². The zero-order valence-corrected chi connectivity index (χ0v) is 11.6. The van der Waals surface area contributed by atoms with Gasteiger partial charge >= 0.3 is 0 Å². The third kappa shape index (κ3) is 2.06. The van der Waals surface area contributed by atoms with E-state index in [1.807, 2.05) is 18.3 Å². The molecule has 0 amide bonds. The Morgan fingerprint density at radius 2 is 1.71 bits per heavy atom. The first-order chi connectivity index (χ1) is 7.71. The van der Waals surface area contributed by atoms with Gasteiger partial charge in [-0.25, -0.2) is 9.97 Å². The van der Waals surface area contributed by atoms with E-state index in [4.69, 9.17) is 4.98 Å². The summed E-state index contributed by atoms with van der Waals surface area (Å²) in [5, 5.41) is 0. The molecule has 2 heterocycles. The number of imidazole rings is 1. The molecule has 0 unspecified atom stereocenters. The first-order valence-corrected chi connectivity index (χ1v) is 6.06. The van der Waals surface area contributed by atoms with Gasteiger partial charge in [0.25, 0.3) is 0 Å². The maximum absolute atomic E-state index is 4.75. The summed E-state index contributed by atoms with van der Waals surface area (Å²) >= 11 is 0. The van der Waals surface area contributed by atoms with Crippen LogP contribution in [-0.4, -0.2) is 14.5 Å². The van der Waals surface area contributed by atoms with E-state index in [0.29, 0.717) is 0 Å². The molecule has 3 heteroatoms. The predicted octanol–water partition coefficient (Wildman–Crippen LogP) is 3.48. The lowest BCUT2D eigenvalue weighted by Crippen LogP contribution is -2.29. The molecule has 0 fully saturated rings. The highest BCUT2D eigenvalue weighted by molar-refractivity contribution is 5.71. The largest absolute Gasteiger partial charge is 0.307 e. The molecule has 0 aliphatic rings. The SMILES string of the molecule is CC(C)(C)c1nc2cccnc2n1C(C)(C)C. The molecule has 92 valence electrons. The number of pyridine rings is 1. The molecule has 2 rings (SSSR count). The van der Waals surface area contributed by atoms with Crippen molar-refractivity contribution < 1.29 is 0 Å². The Kier molecular flexibility index (Phi) is 2.53. The Morgan fingerprint density at radius 1 is 1.06 bits per heavy atom. The minimum absolute atomic E-state index is 0.00822. The van der Waals surface area contributed by atoms with Crippen molar-refractivity contribution in [3.8, 4) is 0 Å². The van der Waals surface area contributed by atoms with Crippen molar-refractivity contribution >= 4 is 11.2 Å². The third-order valence-electron chi connectivity index (χ3n) is 2.76. The maximum atomic E-state index is 4.75. The van der Waals surface area contributed by atoms with Gasteiger partial charge in [0.15, 0.2) is 5.65 Å². The van der Waals surface area contributed by atoms with Gasteiger partial charge in [-0.2, -0.15) is 0 Å². The van der Waals surface area contributed by atoms with Crippen molar-refractivity contribution in [3.63, 3.8) is 0 Å². The van der Waals surface area contributed by atoms with Crippen LogP contribution < -0.4 is 0 Å². The van der Waals surface area contributed by atoms with E-state index in [1.54, 1.807) is 0 Å². The van der Waals surface area contributed by atoms with Crippen molar-refractivity contribution in [2.75, 3.05) is 0 Å². The van der Waals surface area contributed by atoms with Gasteiger partial charge < -0.3 is 4.57 Å². The Hall–Kier alpha value is -1.38. The minimum Gasteiger partial charge on any atom is -0.307 e. The summed E-state index contributed by atoms with van der Waals surface area (Å²) in [6, 6.07) is 3.97. The third-order valence-corrected chi connectivity index (χ3v) is 2.76. The lowest BCUT2D eigenvalue weighted by molar-refractivity contribution is 0.362. The molecule has 3 nitrogen and oxygen atoms in total. The molecule has 0 spiro atoms. The van der Waals surface area contributed by atoms with Crippen LogP contribution in [0, 0.1) is 0 Å². The number of hydrogen-bond donors (Lipinski definition) is 0. The van der Waals surface area contributed by atoms with Crippen molar-refractivity contribution in [2.45, 2.75) is 52.5 Å². The van der Waals surface area contributed by atoms with Crippen LogP contribution in [0.2, 0.25) is 0 Å². The zero-order chi connectivity index (χ0) is 12.8. The second kappa shape index (κ2) is 3.56. The Morgan fingerprint density at radius 3 is 2.24 bits per heavy atom. The Bertz CT molecular complexity index is 539. The van der Waals surface area contributed by atoms with Crippen molar-refractivity contribution in [3.05, 3.63) is 24.2 Å². The lowest BCUT2D eigenvalue weighted by atomic mass is 9.94. The van der Waals surface area contributed by atoms with Crippen LogP contribution in [-0.2, 0) is 11.0 Å². The van der Waals surface area contributed by atoms with E-state index in [1.165, 1.54) is 0 Å². The van der Waals surface area contributed by atoms with Gasteiger partial charge in [-0.05, 0) is 32.9 Å². The average Bonchev–Trinajstić information content (AvgIpc) is 2.54. The lowest BCUT2D eigenvalue weighted by Gasteiger charge is -2.29. The molecule has 0 atom stereocenters. The monoisotopic (exact) mass is 231 g/mol. The van der Waals surface area contributed by atoms with Gasteiger partial charge in [-0.1, -0.05) is 20.8 Å². The highest BCUT2D eigenvalue weighted by Crippen LogP contribution is 2.30. The molecule has 0 saturated carbocycles. The summed E-state index contributed by atoms with van der Waals surface area (Å²) in [7, 11) is 0.